The predicted molar refractivity (Wildman–Crippen MR) is 97.2 cm³/mol. The maximum atomic E-state index is 12.8. The van der Waals surface area contributed by atoms with Crippen LogP contribution in [0.4, 0.5) is 0 Å². The van der Waals surface area contributed by atoms with Gasteiger partial charge in [-0.25, -0.2) is 0 Å². The zero-order valence-electron chi connectivity index (χ0n) is 14.3. The lowest BCUT2D eigenvalue weighted by molar-refractivity contribution is -0.140. The number of hydrogen-bond donors (Lipinski definition) is 1. The number of Topliss-reactive ketones (excluding diaryl/α,β-unsaturated/α-hetero) is 1. The highest BCUT2D eigenvalue weighted by atomic mass is 16.3. The highest BCUT2D eigenvalue weighted by Crippen LogP contribution is 2.40. The predicted octanol–water partition coefficient (Wildman–Crippen LogP) is 3.30. The van der Waals surface area contributed by atoms with Gasteiger partial charge in [-0.2, -0.15) is 0 Å². The van der Waals surface area contributed by atoms with Gasteiger partial charge >= 0.3 is 0 Å². The molecule has 1 unspecified atom stereocenters. The van der Waals surface area contributed by atoms with E-state index in [4.69, 9.17) is 4.42 Å². The van der Waals surface area contributed by atoms with E-state index in [1.807, 2.05) is 30.3 Å². The van der Waals surface area contributed by atoms with Crippen molar-refractivity contribution in [1.29, 1.82) is 0 Å². The summed E-state index contributed by atoms with van der Waals surface area (Å²) >= 11 is 0. The standard InChI is InChI=1S/C21H16N2O4/c24-19(15-8-10-22-11-9-15)17-18(14-5-2-1-3-6-14)23(21(26)20(17)25)13-16-7-4-12-27-16/h1-12,18,24H,13H2/b19-17-. The lowest BCUT2D eigenvalue weighted by Gasteiger charge is -2.24. The van der Waals surface area contributed by atoms with Crippen LogP contribution in [0.3, 0.4) is 0 Å². The van der Waals surface area contributed by atoms with Crippen LogP contribution in [0.2, 0.25) is 0 Å². The lowest BCUT2D eigenvalue weighted by Crippen LogP contribution is -2.29. The molecule has 134 valence electrons. The van der Waals surface area contributed by atoms with Crippen molar-refractivity contribution < 1.29 is 19.1 Å². The van der Waals surface area contributed by atoms with E-state index in [0.717, 1.165) is 5.56 Å². The second-order valence-electron chi connectivity index (χ2n) is 6.15. The highest BCUT2D eigenvalue weighted by Gasteiger charge is 2.46. The average Bonchev–Trinajstić information content (AvgIpc) is 3.31. The number of benzene rings is 1. The Kier molecular flexibility index (Phi) is 4.30. The number of aromatic nitrogens is 1. The van der Waals surface area contributed by atoms with Crippen molar-refractivity contribution in [3.05, 3.63) is 95.7 Å². The third kappa shape index (κ3) is 3.01. The molecule has 6 nitrogen and oxygen atoms in total. The molecule has 4 rings (SSSR count). The van der Waals surface area contributed by atoms with E-state index < -0.39 is 17.7 Å². The molecule has 1 aromatic carbocycles. The number of carbonyl (C=O) groups is 2. The quantitative estimate of drug-likeness (QED) is 0.438. The first kappa shape index (κ1) is 16.8. The molecule has 1 saturated heterocycles. The molecule has 0 radical (unpaired) electrons. The second-order valence-corrected chi connectivity index (χ2v) is 6.15. The van der Waals surface area contributed by atoms with Crippen LogP contribution >= 0.6 is 0 Å². The molecule has 1 aliphatic rings. The molecule has 27 heavy (non-hydrogen) atoms. The third-order valence-corrected chi connectivity index (χ3v) is 4.52. The molecule has 6 heteroatoms. The van der Waals surface area contributed by atoms with Crippen LogP contribution in [0.15, 0.2) is 83.2 Å². The normalized spacial score (nSPS) is 18.8. The molecule has 2 aromatic heterocycles. The number of aliphatic hydroxyl groups is 1. The fourth-order valence-corrected chi connectivity index (χ4v) is 3.26. The van der Waals surface area contributed by atoms with Crippen LogP contribution in [-0.2, 0) is 16.1 Å². The number of ketones is 1. The van der Waals surface area contributed by atoms with Crippen LogP contribution < -0.4 is 0 Å². The van der Waals surface area contributed by atoms with Crippen molar-refractivity contribution in [2.75, 3.05) is 0 Å². The topological polar surface area (TPSA) is 83.6 Å². The van der Waals surface area contributed by atoms with Crippen molar-refractivity contribution >= 4 is 17.4 Å². The minimum atomic E-state index is -0.718. The van der Waals surface area contributed by atoms with Crippen LogP contribution in [0, 0.1) is 0 Å². The van der Waals surface area contributed by atoms with Gasteiger partial charge in [-0.15, -0.1) is 0 Å². The Morgan fingerprint density at radius 1 is 1.04 bits per heavy atom. The van der Waals surface area contributed by atoms with Crippen molar-refractivity contribution in [3.8, 4) is 0 Å². The smallest absolute Gasteiger partial charge is 0.296 e. The van der Waals surface area contributed by atoms with Crippen molar-refractivity contribution in [2.24, 2.45) is 0 Å². The molecule has 1 aliphatic heterocycles. The molecule has 1 fully saturated rings. The minimum absolute atomic E-state index is 0.0592. The Bertz CT molecular complexity index is 995. The number of hydrogen-bond acceptors (Lipinski definition) is 5. The summed E-state index contributed by atoms with van der Waals surface area (Å²) in [7, 11) is 0. The Morgan fingerprint density at radius 3 is 2.44 bits per heavy atom. The Morgan fingerprint density at radius 2 is 1.78 bits per heavy atom. The highest BCUT2D eigenvalue weighted by molar-refractivity contribution is 6.46. The zero-order chi connectivity index (χ0) is 18.8. The molecule has 0 bridgehead atoms. The monoisotopic (exact) mass is 360 g/mol. The van der Waals surface area contributed by atoms with Gasteiger partial charge in [-0.1, -0.05) is 30.3 Å². The molecule has 1 N–H and O–H groups in total. The van der Waals surface area contributed by atoms with Crippen LogP contribution in [0.5, 0.6) is 0 Å². The lowest BCUT2D eigenvalue weighted by atomic mass is 9.95. The van der Waals surface area contributed by atoms with E-state index in [1.165, 1.54) is 23.6 Å². The number of nitrogens with zero attached hydrogens (tertiary/aromatic N) is 2. The summed E-state index contributed by atoms with van der Waals surface area (Å²) in [5, 5.41) is 10.8. The van der Waals surface area contributed by atoms with Gasteiger partial charge in [0.1, 0.15) is 11.5 Å². The Balaban J connectivity index is 1.86. The van der Waals surface area contributed by atoms with E-state index in [1.54, 1.807) is 24.3 Å². The molecule has 1 amide bonds. The first-order valence-corrected chi connectivity index (χ1v) is 8.43. The molecule has 0 saturated carbocycles. The summed E-state index contributed by atoms with van der Waals surface area (Å²) in [5.41, 5.74) is 1.23. The largest absolute Gasteiger partial charge is 0.507 e. The summed E-state index contributed by atoms with van der Waals surface area (Å²) in [4.78, 5) is 30.9. The maximum absolute atomic E-state index is 12.8. The van der Waals surface area contributed by atoms with Gasteiger partial charge in [-0.3, -0.25) is 14.6 Å². The van der Waals surface area contributed by atoms with Gasteiger partial charge in [0.15, 0.2) is 0 Å². The van der Waals surface area contributed by atoms with Gasteiger partial charge in [0.2, 0.25) is 0 Å². The Hall–Kier alpha value is -3.67. The van der Waals surface area contributed by atoms with E-state index in [9.17, 15) is 14.7 Å². The molecule has 0 spiro atoms. The van der Waals surface area contributed by atoms with Gasteiger partial charge in [0.25, 0.3) is 11.7 Å². The molecular formula is C21H16N2O4. The first-order chi connectivity index (χ1) is 13.2. The number of amides is 1. The van der Waals surface area contributed by atoms with Crippen molar-refractivity contribution in [2.45, 2.75) is 12.6 Å². The molecule has 1 atom stereocenters. The van der Waals surface area contributed by atoms with E-state index >= 15 is 0 Å². The van der Waals surface area contributed by atoms with E-state index in [2.05, 4.69) is 4.98 Å². The number of aliphatic hydroxyl groups excluding tert-OH is 1. The number of furan rings is 1. The number of pyridine rings is 1. The second kappa shape index (κ2) is 6.92. The summed E-state index contributed by atoms with van der Waals surface area (Å²) in [6, 6.07) is 15.1. The number of likely N-dealkylation sites (tertiary alicyclic amines) is 1. The summed E-state index contributed by atoms with van der Waals surface area (Å²) in [6.07, 6.45) is 4.55. The SMILES string of the molecule is O=C1C(=O)N(Cc2ccco2)C(c2ccccc2)/C1=C(/O)c1ccncc1. The number of rotatable bonds is 4. The first-order valence-electron chi connectivity index (χ1n) is 8.43. The minimum Gasteiger partial charge on any atom is -0.507 e. The zero-order valence-corrected chi connectivity index (χ0v) is 14.3. The fourth-order valence-electron chi connectivity index (χ4n) is 3.26. The molecular weight excluding hydrogens is 344 g/mol. The van der Waals surface area contributed by atoms with Gasteiger partial charge < -0.3 is 14.4 Å². The van der Waals surface area contributed by atoms with E-state index in [-0.39, 0.29) is 17.9 Å². The summed E-state index contributed by atoms with van der Waals surface area (Å²) in [6.45, 7) is 0.129. The molecule has 3 aromatic rings. The third-order valence-electron chi connectivity index (χ3n) is 4.52. The Labute approximate surface area is 155 Å². The van der Waals surface area contributed by atoms with Crippen LogP contribution in [0.25, 0.3) is 5.76 Å². The molecule has 3 heterocycles. The average molecular weight is 360 g/mol. The van der Waals surface area contributed by atoms with Crippen LogP contribution in [-0.4, -0.2) is 26.7 Å². The number of carbonyl (C=O) groups excluding carboxylic acids is 2. The summed E-state index contributed by atoms with van der Waals surface area (Å²) < 4.78 is 5.35. The van der Waals surface area contributed by atoms with Gasteiger partial charge in [0, 0.05) is 18.0 Å². The van der Waals surface area contributed by atoms with Crippen molar-refractivity contribution in [1.82, 2.24) is 9.88 Å². The summed E-state index contributed by atoms with van der Waals surface area (Å²) in [5.74, 6) is -1.05. The van der Waals surface area contributed by atoms with E-state index in [0.29, 0.717) is 11.3 Å². The van der Waals surface area contributed by atoms with Crippen LogP contribution in [0.1, 0.15) is 22.9 Å². The van der Waals surface area contributed by atoms with Crippen molar-refractivity contribution in [3.63, 3.8) is 0 Å². The maximum Gasteiger partial charge on any atom is 0.296 e. The molecule has 0 aliphatic carbocycles. The van der Waals surface area contributed by atoms with Gasteiger partial charge in [-0.05, 0) is 29.8 Å². The van der Waals surface area contributed by atoms with Gasteiger partial charge in [0.05, 0.1) is 24.4 Å². The fraction of sp³-hybridized carbons (Fsp3) is 0.0952.